The molecule has 0 amide bonds. The van der Waals surface area contributed by atoms with Gasteiger partial charge in [-0.05, 0) is 12.8 Å². The number of ether oxygens (including phenoxy) is 2. The largest absolute Gasteiger partial charge is 0.383 e. The van der Waals surface area contributed by atoms with Gasteiger partial charge >= 0.3 is 0 Å². The van der Waals surface area contributed by atoms with Gasteiger partial charge in [0.05, 0.1) is 13.2 Å². The summed E-state index contributed by atoms with van der Waals surface area (Å²) in [5.74, 6) is 0. The van der Waals surface area contributed by atoms with Crippen LogP contribution in [0.5, 0.6) is 0 Å². The Labute approximate surface area is 122 Å². The van der Waals surface area contributed by atoms with Crippen LogP contribution in [0.1, 0.15) is 19.3 Å². The lowest BCUT2D eigenvalue weighted by Crippen LogP contribution is -2.53. The van der Waals surface area contributed by atoms with Crippen LogP contribution in [0.3, 0.4) is 0 Å². The maximum absolute atomic E-state index is 12.3. The van der Waals surface area contributed by atoms with Crippen LogP contribution >= 0.6 is 0 Å². The summed E-state index contributed by atoms with van der Waals surface area (Å²) in [6.07, 6.45) is 2.88. The Bertz CT molecular complexity index is 351. The van der Waals surface area contributed by atoms with E-state index in [1.165, 1.54) is 0 Å². The second kappa shape index (κ2) is 9.64. The van der Waals surface area contributed by atoms with Crippen LogP contribution in [0.4, 0.5) is 0 Å². The van der Waals surface area contributed by atoms with Crippen LogP contribution in [-0.4, -0.2) is 72.4 Å². The highest BCUT2D eigenvalue weighted by Crippen LogP contribution is 2.19. The SMILES string of the molecule is COCCNCC1CCCCN1S(=O)(=O)NCCOC. The molecule has 2 N–H and O–H groups in total. The summed E-state index contributed by atoms with van der Waals surface area (Å²) in [6.45, 7) is 3.29. The van der Waals surface area contributed by atoms with E-state index in [0.717, 1.165) is 25.8 Å². The van der Waals surface area contributed by atoms with Gasteiger partial charge in [-0.3, -0.25) is 0 Å². The third-order valence-corrected chi connectivity index (χ3v) is 5.00. The lowest BCUT2D eigenvalue weighted by atomic mass is 10.1. The van der Waals surface area contributed by atoms with Crippen molar-refractivity contribution in [2.75, 3.05) is 53.6 Å². The number of rotatable bonds is 10. The van der Waals surface area contributed by atoms with Gasteiger partial charge in [-0.2, -0.15) is 17.4 Å². The first-order valence-corrected chi connectivity index (χ1v) is 8.51. The van der Waals surface area contributed by atoms with E-state index in [9.17, 15) is 8.42 Å². The maximum Gasteiger partial charge on any atom is 0.279 e. The summed E-state index contributed by atoms with van der Waals surface area (Å²) in [5, 5.41) is 3.24. The van der Waals surface area contributed by atoms with E-state index < -0.39 is 10.2 Å². The number of hydrogen-bond donors (Lipinski definition) is 2. The topological polar surface area (TPSA) is 79.9 Å². The van der Waals surface area contributed by atoms with Gasteiger partial charge in [-0.1, -0.05) is 6.42 Å². The van der Waals surface area contributed by atoms with Gasteiger partial charge in [0.25, 0.3) is 10.2 Å². The first kappa shape index (κ1) is 17.8. The van der Waals surface area contributed by atoms with Gasteiger partial charge in [0, 0.05) is 46.4 Å². The van der Waals surface area contributed by atoms with Gasteiger partial charge < -0.3 is 14.8 Å². The average molecular weight is 309 g/mol. The monoisotopic (exact) mass is 309 g/mol. The first-order valence-electron chi connectivity index (χ1n) is 7.07. The molecule has 0 aliphatic carbocycles. The third kappa shape index (κ3) is 6.02. The van der Waals surface area contributed by atoms with E-state index in [1.807, 2.05) is 0 Å². The number of methoxy groups -OCH3 is 2. The molecule has 0 aromatic rings. The van der Waals surface area contributed by atoms with E-state index in [4.69, 9.17) is 9.47 Å². The minimum absolute atomic E-state index is 0.0145. The zero-order valence-electron chi connectivity index (χ0n) is 12.4. The van der Waals surface area contributed by atoms with Crippen molar-refractivity contribution in [1.82, 2.24) is 14.3 Å². The van der Waals surface area contributed by atoms with Crippen LogP contribution in [0.2, 0.25) is 0 Å². The van der Waals surface area contributed by atoms with E-state index in [0.29, 0.717) is 32.8 Å². The fourth-order valence-corrected chi connectivity index (χ4v) is 3.74. The standard InChI is InChI=1S/C12H27N3O4S/c1-18-9-6-13-11-12-5-3-4-8-15(12)20(16,17)14-7-10-19-2/h12-14H,3-11H2,1-2H3. The zero-order valence-corrected chi connectivity index (χ0v) is 13.2. The van der Waals surface area contributed by atoms with Crippen LogP contribution in [0.25, 0.3) is 0 Å². The Kier molecular flexibility index (Phi) is 8.58. The van der Waals surface area contributed by atoms with E-state index in [-0.39, 0.29) is 6.04 Å². The normalized spacial score (nSPS) is 21.2. The van der Waals surface area contributed by atoms with Crippen molar-refractivity contribution in [3.05, 3.63) is 0 Å². The summed E-state index contributed by atoms with van der Waals surface area (Å²) in [7, 11) is -0.211. The van der Waals surface area contributed by atoms with Gasteiger partial charge in [0.15, 0.2) is 0 Å². The molecule has 0 radical (unpaired) electrons. The Morgan fingerprint density at radius 1 is 1.15 bits per heavy atom. The van der Waals surface area contributed by atoms with Crippen LogP contribution in [-0.2, 0) is 19.7 Å². The molecular weight excluding hydrogens is 282 g/mol. The first-order chi connectivity index (χ1) is 9.61. The van der Waals surface area contributed by atoms with E-state index >= 15 is 0 Å². The molecule has 120 valence electrons. The van der Waals surface area contributed by atoms with Gasteiger partial charge in [0.1, 0.15) is 0 Å². The molecule has 7 nitrogen and oxygen atoms in total. The minimum Gasteiger partial charge on any atom is -0.383 e. The van der Waals surface area contributed by atoms with Crippen molar-refractivity contribution >= 4 is 10.2 Å². The molecule has 0 aromatic carbocycles. The minimum atomic E-state index is -3.42. The quantitative estimate of drug-likeness (QED) is 0.535. The van der Waals surface area contributed by atoms with Crippen molar-refractivity contribution in [2.45, 2.75) is 25.3 Å². The summed E-state index contributed by atoms with van der Waals surface area (Å²) in [6, 6.07) is 0.0145. The number of nitrogens with zero attached hydrogens (tertiary/aromatic N) is 1. The molecule has 20 heavy (non-hydrogen) atoms. The second-order valence-corrected chi connectivity index (χ2v) is 6.56. The molecule has 1 fully saturated rings. The van der Waals surface area contributed by atoms with Gasteiger partial charge in [-0.25, -0.2) is 0 Å². The molecule has 0 bridgehead atoms. The molecule has 1 aliphatic heterocycles. The molecule has 0 spiro atoms. The van der Waals surface area contributed by atoms with Crippen LogP contribution in [0.15, 0.2) is 0 Å². The Morgan fingerprint density at radius 2 is 1.85 bits per heavy atom. The molecule has 0 aromatic heterocycles. The number of hydrogen-bond acceptors (Lipinski definition) is 5. The van der Waals surface area contributed by atoms with Gasteiger partial charge in [-0.15, -0.1) is 0 Å². The highest BCUT2D eigenvalue weighted by atomic mass is 32.2. The highest BCUT2D eigenvalue weighted by Gasteiger charge is 2.31. The summed E-state index contributed by atoms with van der Waals surface area (Å²) < 4.78 is 38.5. The van der Waals surface area contributed by atoms with E-state index in [2.05, 4.69) is 10.0 Å². The second-order valence-electron chi connectivity index (χ2n) is 4.85. The molecule has 1 rings (SSSR count). The van der Waals surface area contributed by atoms with Crippen molar-refractivity contribution in [2.24, 2.45) is 0 Å². The smallest absolute Gasteiger partial charge is 0.279 e. The van der Waals surface area contributed by atoms with Crippen molar-refractivity contribution in [1.29, 1.82) is 0 Å². The zero-order chi connectivity index (χ0) is 14.8. The molecular formula is C12H27N3O4S. The molecule has 1 unspecified atom stereocenters. The molecule has 1 saturated heterocycles. The predicted molar refractivity (Wildman–Crippen MR) is 77.9 cm³/mol. The third-order valence-electron chi connectivity index (χ3n) is 3.34. The lowest BCUT2D eigenvalue weighted by Gasteiger charge is -2.34. The number of nitrogens with one attached hydrogen (secondary N) is 2. The Balaban J connectivity index is 2.49. The van der Waals surface area contributed by atoms with E-state index in [1.54, 1.807) is 18.5 Å². The Hall–Kier alpha value is -0.250. The molecule has 1 atom stereocenters. The van der Waals surface area contributed by atoms with Crippen molar-refractivity contribution in [3.63, 3.8) is 0 Å². The Morgan fingerprint density at radius 3 is 2.55 bits per heavy atom. The molecule has 1 heterocycles. The van der Waals surface area contributed by atoms with Crippen molar-refractivity contribution < 1.29 is 17.9 Å². The molecule has 8 heteroatoms. The van der Waals surface area contributed by atoms with Crippen molar-refractivity contribution in [3.8, 4) is 0 Å². The van der Waals surface area contributed by atoms with Gasteiger partial charge in [0.2, 0.25) is 0 Å². The molecule has 0 saturated carbocycles. The fraction of sp³-hybridized carbons (Fsp3) is 1.00. The van der Waals surface area contributed by atoms with Crippen LogP contribution < -0.4 is 10.0 Å². The predicted octanol–water partition coefficient (Wildman–Crippen LogP) is -0.442. The average Bonchev–Trinajstić information content (AvgIpc) is 2.44. The summed E-state index contributed by atoms with van der Waals surface area (Å²) in [5.41, 5.74) is 0. The fourth-order valence-electron chi connectivity index (χ4n) is 2.29. The lowest BCUT2D eigenvalue weighted by molar-refractivity contribution is 0.190. The van der Waals surface area contributed by atoms with Crippen LogP contribution in [0, 0.1) is 0 Å². The summed E-state index contributed by atoms with van der Waals surface area (Å²) in [4.78, 5) is 0. The maximum atomic E-state index is 12.3. The molecule has 1 aliphatic rings. The number of piperidine rings is 1. The highest BCUT2D eigenvalue weighted by molar-refractivity contribution is 7.87. The summed E-state index contributed by atoms with van der Waals surface area (Å²) >= 11 is 0.